The molecule has 0 saturated carbocycles. The third-order valence-electron chi connectivity index (χ3n) is 4.23. The van der Waals surface area contributed by atoms with E-state index in [1.807, 2.05) is 12.1 Å². The van der Waals surface area contributed by atoms with Crippen molar-refractivity contribution in [2.45, 2.75) is 25.8 Å². The number of carboxylic acid groups (broad SMARTS) is 1. The van der Waals surface area contributed by atoms with Gasteiger partial charge in [-0.3, -0.25) is 0 Å². The highest BCUT2D eigenvalue weighted by atomic mass is 16.4. The standard InChI is InChI=1S/C19H22N2O2/c22-19(23)16-6-3-15(4-7-16)13-20-11-9-14-5-8-18-17(12-14)2-1-10-21-18/h3-8,12,20-21H,1-2,9-11,13H2,(H,22,23). The molecule has 0 amide bonds. The van der Waals surface area contributed by atoms with E-state index < -0.39 is 5.97 Å². The second-order valence-corrected chi connectivity index (χ2v) is 5.95. The van der Waals surface area contributed by atoms with Crippen molar-refractivity contribution in [1.82, 2.24) is 5.32 Å². The minimum Gasteiger partial charge on any atom is -0.478 e. The number of carboxylic acids is 1. The van der Waals surface area contributed by atoms with E-state index in [9.17, 15) is 4.79 Å². The fourth-order valence-corrected chi connectivity index (χ4v) is 2.91. The molecule has 4 nitrogen and oxygen atoms in total. The summed E-state index contributed by atoms with van der Waals surface area (Å²) in [5.74, 6) is -0.883. The van der Waals surface area contributed by atoms with Crippen LogP contribution in [0.2, 0.25) is 0 Å². The fourth-order valence-electron chi connectivity index (χ4n) is 2.91. The first-order valence-corrected chi connectivity index (χ1v) is 8.11. The Morgan fingerprint density at radius 1 is 1.13 bits per heavy atom. The van der Waals surface area contributed by atoms with Crippen LogP contribution in [0.4, 0.5) is 5.69 Å². The van der Waals surface area contributed by atoms with Crippen molar-refractivity contribution in [1.29, 1.82) is 0 Å². The first kappa shape index (κ1) is 15.6. The third kappa shape index (κ3) is 4.11. The van der Waals surface area contributed by atoms with Crippen molar-refractivity contribution in [3.05, 3.63) is 64.7 Å². The molecule has 1 aliphatic rings. The molecule has 4 heteroatoms. The van der Waals surface area contributed by atoms with Gasteiger partial charge in [-0.25, -0.2) is 4.79 Å². The van der Waals surface area contributed by atoms with E-state index in [2.05, 4.69) is 28.8 Å². The predicted molar refractivity (Wildman–Crippen MR) is 92.1 cm³/mol. The van der Waals surface area contributed by atoms with Gasteiger partial charge in [-0.2, -0.15) is 0 Å². The van der Waals surface area contributed by atoms with Crippen LogP contribution in [0.5, 0.6) is 0 Å². The number of aromatic carboxylic acids is 1. The van der Waals surface area contributed by atoms with E-state index in [0.717, 1.165) is 31.6 Å². The lowest BCUT2D eigenvalue weighted by Gasteiger charge is -2.18. The van der Waals surface area contributed by atoms with Crippen LogP contribution in [0.1, 0.15) is 33.5 Å². The van der Waals surface area contributed by atoms with E-state index in [0.29, 0.717) is 5.56 Å². The van der Waals surface area contributed by atoms with Crippen molar-refractivity contribution < 1.29 is 9.90 Å². The molecule has 0 aliphatic carbocycles. The Morgan fingerprint density at radius 3 is 2.70 bits per heavy atom. The maximum absolute atomic E-state index is 10.8. The molecule has 0 saturated heterocycles. The summed E-state index contributed by atoms with van der Waals surface area (Å²) in [5.41, 5.74) is 5.51. The number of fused-ring (bicyclic) bond motifs is 1. The Kier molecular flexibility index (Phi) is 4.93. The Morgan fingerprint density at radius 2 is 1.91 bits per heavy atom. The average Bonchev–Trinajstić information content (AvgIpc) is 2.59. The highest BCUT2D eigenvalue weighted by molar-refractivity contribution is 5.87. The van der Waals surface area contributed by atoms with Crippen LogP contribution in [0.3, 0.4) is 0 Å². The van der Waals surface area contributed by atoms with Crippen molar-refractivity contribution in [3.8, 4) is 0 Å². The minimum atomic E-state index is -0.883. The van der Waals surface area contributed by atoms with Crippen molar-refractivity contribution in [3.63, 3.8) is 0 Å². The summed E-state index contributed by atoms with van der Waals surface area (Å²) in [7, 11) is 0. The predicted octanol–water partition coefficient (Wildman–Crippen LogP) is 3.08. The number of carbonyl (C=O) groups is 1. The molecule has 1 heterocycles. The quantitative estimate of drug-likeness (QED) is 0.718. The molecule has 0 bridgehead atoms. The van der Waals surface area contributed by atoms with Gasteiger partial charge < -0.3 is 15.7 Å². The monoisotopic (exact) mass is 310 g/mol. The maximum Gasteiger partial charge on any atom is 0.335 e. The van der Waals surface area contributed by atoms with Crippen molar-refractivity contribution in [2.24, 2.45) is 0 Å². The lowest BCUT2D eigenvalue weighted by molar-refractivity contribution is 0.0697. The first-order chi connectivity index (χ1) is 11.2. The van der Waals surface area contributed by atoms with E-state index in [1.165, 1.54) is 29.7 Å². The number of rotatable bonds is 6. The summed E-state index contributed by atoms with van der Waals surface area (Å²) < 4.78 is 0. The Hall–Kier alpha value is -2.33. The van der Waals surface area contributed by atoms with Crippen LogP contribution in [0.15, 0.2) is 42.5 Å². The average molecular weight is 310 g/mol. The molecule has 1 aliphatic heterocycles. The van der Waals surface area contributed by atoms with Gasteiger partial charge in [-0.15, -0.1) is 0 Å². The summed E-state index contributed by atoms with van der Waals surface area (Å²) >= 11 is 0. The number of hydrogen-bond acceptors (Lipinski definition) is 3. The van der Waals surface area contributed by atoms with Crippen LogP contribution < -0.4 is 10.6 Å². The van der Waals surface area contributed by atoms with Gasteiger partial charge in [-0.05, 0) is 60.7 Å². The summed E-state index contributed by atoms with van der Waals surface area (Å²) in [4.78, 5) is 10.8. The van der Waals surface area contributed by atoms with Crippen LogP contribution >= 0.6 is 0 Å². The zero-order chi connectivity index (χ0) is 16.1. The van der Waals surface area contributed by atoms with Gasteiger partial charge in [-0.1, -0.05) is 24.3 Å². The molecule has 0 fully saturated rings. The number of hydrogen-bond donors (Lipinski definition) is 3. The molecular formula is C19H22N2O2. The molecular weight excluding hydrogens is 288 g/mol. The number of nitrogens with one attached hydrogen (secondary N) is 2. The molecule has 3 N–H and O–H groups in total. The van der Waals surface area contributed by atoms with E-state index in [-0.39, 0.29) is 0 Å². The van der Waals surface area contributed by atoms with E-state index in [1.54, 1.807) is 12.1 Å². The summed E-state index contributed by atoms with van der Waals surface area (Å²) in [6, 6.07) is 13.7. The second kappa shape index (κ2) is 7.29. The largest absolute Gasteiger partial charge is 0.478 e. The number of anilines is 1. The lowest BCUT2D eigenvalue weighted by atomic mass is 9.99. The first-order valence-electron chi connectivity index (χ1n) is 8.11. The molecule has 120 valence electrons. The highest BCUT2D eigenvalue weighted by Gasteiger charge is 2.08. The molecule has 2 aromatic rings. The zero-order valence-electron chi connectivity index (χ0n) is 13.1. The van der Waals surface area contributed by atoms with Gasteiger partial charge in [0.2, 0.25) is 0 Å². The Balaban J connectivity index is 1.47. The molecule has 0 unspecified atom stereocenters. The van der Waals surface area contributed by atoms with Crippen LogP contribution in [-0.4, -0.2) is 24.2 Å². The van der Waals surface area contributed by atoms with Gasteiger partial charge in [0.1, 0.15) is 0 Å². The maximum atomic E-state index is 10.8. The summed E-state index contributed by atoms with van der Waals surface area (Å²) in [5, 5.41) is 15.7. The van der Waals surface area contributed by atoms with Gasteiger partial charge in [0.15, 0.2) is 0 Å². The van der Waals surface area contributed by atoms with Crippen LogP contribution in [0.25, 0.3) is 0 Å². The fraction of sp³-hybridized carbons (Fsp3) is 0.316. The number of aryl methyl sites for hydroxylation is 1. The second-order valence-electron chi connectivity index (χ2n) is 5.95. The molecule has 3 rings (SSSR count). The molecule has 0 spiro atoms. The minimum absolute atomic E-state index is 0.330. The summed E-state index contributed by atoms with van der Waals surface area (Å²) in [6.07, 6.45) is 3.38. The molecule has 0 aromatic heterocycles. The van der Waals surface area contributed by atoms with E-state index >= 15 is 0 Å². The molecule has 0 radical (unpaired) electrons. The Bertz CT molecular complexity index is 680. The topological polar surface area (TPSA) is 61.4 Å². The normalized spacial score (nSPS) is 13.2. The molecule has 2 aromatic carbocycles. The van der Waals surface area contributed by atoms with Crippen molar-refractivity contribution >= 4 is 11.7 Å². The van der Waals surface area contributed by atoms with Gasteiger partial charge in [0, 0.05) is 18.8 Å². The lowest BCUT2D eigenvalue weighted by Crippen LogP contribution is -2.17. The number of benzene rings is 2. The van der Waals surface area contributed by atoms with Crippen LogP contribution in [0, 0.1) is 0 Å². The Labute approximate surface area is 136 Å². The van der Waals surface area contributed by atoms with Gasteiger partial charge in [0.05, 0.1) is 5.56 Å². The third-order valence-corrected chi connectivity index (χ3v) is 4.23. The zero-order valence-corrected chi connectivity index (χ0v) is 13.1. The van der Waals surface area contributed by atoms with Gasteiger partial charge >= 0.3 is 5.97 Å². The van der Waals surface area contributed by atoms with Crippen molar-refractivity contribution in [2.75, 3.05) is 18.4 Å². The highest BCUT2D eigenvalue weighted by Crippen LogP contribution is 2.22. The molecule has 0 atom stereocenters. The molecule has 23 heavy (non-hydrogen) atoms. The van der Waals surface area contributed by atoms with Crippen LogP contribution in [-0.2, 0) is 19.4 Å². The van der Waals surface area contributed by atoms with E-state index in [4.69, 9.17) is 5.11 Å². The summed E-state index contributed by atoms with van der Waals surface area (Å²) in [6.45, 7) is 2.74. The smallest absolute Gasteiger partial charge is 0.335 e. The SMILES string of the molecule is O=C(O)c1ccc(CNCCc2ccc3c(c2)CCCN3)cc1. The van der Waals surface area contributed by atoms with Gasteiger partial charge in [0.25, 0.3) is 0 Å².